The predicted molar refractivity (Wildman–Crippen MR) is 84.9 cm³/mol. The summed E-state index contributed by atoms with van der Waals surface area (Å²) in [5.41, 5.74) is 0.0758. The Labute approximate surface area is 138 Å². The Morgan fingerprint density at radius 1 is 1.30 bits per heavy atom. The highest BCUT2D eigenvalue weighted by molar-refractivity contribution is 6.30. The van der Waals surface area contributed by atoms with Gasteiger partial charge in [-0.3, -0.25) is 4.79 Å². The van der Waals surface area contributed by atoms with Crippen molar-refractivity contribution in [1.29, 1.82) is 0 Å². The largest absolute Gasteiger partial charge is 0.421 e. The second kappa shape index (κ2) is 6.68. The molecule has 2 N–H and O–H groups in total. The predicted octanol–water partition coefficient (Wildman–Crippen LogP) is 2.35. The van der Waals surface area contributed by atoms with Gasteiger partial charge in [-0.15, -0.1) is 10.2 Å². The molecule has 6 nitrogen and oxygen atoms in total. The van der Waals surface area contributed by atoms with E-state index < -0.39 is 5.60 Å². The third kappa shape index (κ3) is 4.09. The maximum absolute atomic E-state index is 11.8. The van der Waals surface area contributed by atoms with Crippen LogP contribution in [0.15, 0.2) is 28.7 Å². The van der Waals surface area contributed by atoms with Crippen LogP contribution in [-0.2, 0) is 11.2 Å². The first-order valence-electron chi connectivity index (χ1n) is 7.61. The molecule has 1 aliphatic carbocycles. The molecule has 0 unspecified atom stereocenters. The lowest BCUT2D eigenvalue weighted by Crippen LogP contribution is -2.47. The van der Waals surface area contributed by atoms with Crippen LogP contribution in [0, 0.1) is 0 Å². The number of aromatic nitrogens is 2. The molecule has 0 bridgehead atoms. The topological polar surface area (TPSA) is 88.2 Å². The van der Waals surface area contributed by atoms with E-state index in [1.807, 2.05) is 0 Å². The number of amides is 1. The zero-order valence-corrected chi connectivity index (χ0v) is 13.3. The van der Waals surface area contributed by atoms with E-state index in [1.165, 1.54) is 0 Å². The van der Waals surface area contributed by atoms with Gasteiger partial charge in [-0.05, 0) is 43.5 Å². The van der Waals surface area contributed by atoms with E-state index in [-0.39, 0.29) is 12.3 Å². The van der Waals surface area contributed by atoms with E-state index in [1.54, 1.807) is 24.3 Å². The fraction of sp³-hybridized carbons (Fsp3) is 0.438. The number of nitrogens with zero attached hydrogens (tertiary/aromatic N) is 2. The number of rotatable bonds is 6. The highest BCUT2D eigenvalue weighted by atomic mass is 35.5. The van der Waals surface area contributed by atoms with Crippen LogP contribution in [0.2, 0.25) is 5.02 Å². The minimum Gasteiger partial charge on any atom is -0.421 e. The molecular weight excluding hydrogens is 318 g/mol. The molecule has 1 aromatic heterocycles. The Kier molecular flexibility index (Phi) is 4.63. The highest BCUT2D eigenvalue weighted by Crippen LogP contribution is 2.30. The molecule has 0 spiro atoms. The van der Waals surface area contributed by atoms with Gasteiger partial charge in [-0.2, -0.15) is 0 Å². The van der Waals surface area contributed by atoms with Crippen molar-refractivity contribution in [3.63, 3.8) is 0 Å². The number of benzene rings is 1. The zero-order chi connectivity index (χ0) is 16.3. The van der Waals surface area contributed by atoms with Crippen molar-refractivity contribution in [2.45, 2.75) is 37.7 Å². The number of aryl methyl sites for hydroxylation is 1. The standard InChI is InChI=1S/C16H18ClN3O3/c17-12-4-2-11(3-5-12)15-20-19-14(23-15)7-6-13(21)18-10-16(22)8-1-9-16/h2-5,22H,1,6-10H2,(H,18,21). The molecule has 0 radical (unpaired) electrons. The number of hydrogen-bond donors (Lipinski definition) is 2. The molecule has 1 heterocycles. The lowest BCUT2D eigenvalue weighted by Gasteiger charge is -2.36. The minimum absolute atomic E-state index is 0.128. The molecule has 0 aliphatic heterocycles. The lowest BCUT2D eigenvalue weighted by atomic mass is 9.80. The monoisotopic (exact) mass is 335 g/mol. The fourth-order valence-electron chi connectivity index (χ4n) is 2.40. The minimum atomic E-state index is -0.706. The third-order valence-electron chi connectivity index (χ3n) is 4.02. The van der Waals surface area contributed by atoms with Crippen LogP contribution >= 0.6 is 11.6 Å². The van der Waals surface area contributed by atoms with E-state index >= 15 is 0 Å². The summed E-state index contributed by atoms with van der Waals surface area (Å²) in [4.78, 5) is 11.8. The molecule has 1 fully saturated rings. The molecule has 1 saturated carbocycles. The van der Waals surface area contributed by atoms with Crippen LogP contribution in [-0.4, -0.2) is 33.4 Å². The van der Waals surface area contributed by atoms with Crippen LogP contribution in [0.4, 0.5) is 0 Å². The summed E-state index contributed by atoms with van der Waals surface area (Å²) in [6, 6.07) is 7.09. The molecule has 0 atom stereocenters. The maximum Gasteiger partial charge on any atom is 0.247 e. The number of carbonyl (C=O) groups is 1. The van der Waals surface area contributed by atoms with E-state index in [0.29, 0.717) is 29.8 Å². The summed E-state index contributed by atoms with van der Waals surface area (Å²) in [7, 11) is 0. The number of halogens is 1. The van der Waals surface area contributed by atoms with Gasteiger partial charge in [0.15, 0.2) is 0 Å². The molecule has 3 rings (SSSR count). The summed E-state index contributed by atoms with van der Waals surface area (Å²) in [5.74, 6) is 0.685. The normalized spacial score (nSPS) is 15.9. The summed E-state index contributed by atoms with van der Waals surface area (Å²) in [6.45, 7) is 0.311. The van der Waals surface area contributed by atoms with Crippen LogP contribution < -0.4 is 5.32 Å². The van der Waals surface area contributed by atoms with Gasteiger partial charge in [0.05, 0.1) is 5.60 Å². The molecule has 1 aliphatic rings. The Morgan fingerprint density at radius 2 is 2.04 bits per heavy atom. The number of aliphatic hydroxyl groups is 1. The quantitative estimate of drug-likeness (QED) is 0.846. The van der Waals surface area contributed by atoms with Crippen LogP contribution in [0.5, 0.6) is 0 Å². The summed E-state index contributed by atoms with van der Waals surface area (Å²) in [6.07, 6.45) is 3.13. The Hall–Kier alpha value is -1.92. The maximum atomic E-state index is 11.8. The first-order valence-corrected chi connectivity index (χ1v) is 7.99. The summed E-state index contributed by atoms with van der Waals surface area (Å²) in [5, 5.41) is 21.2. The van der Waals surface area contributed by atoms with E-state index in [9.17, 15) is 9.90 Å². The van der Waals surface area contributed by atoms with Crippen molar-refractivity contribution in [3.8, 4) is 11.5 Å². The molecule has 122 valence electrons. The van der Waals surface area contributed by atoms with Crippen molar-refractivity contribution in [2.24, 2.45) is 0 Å². The SMILES string of the molecule is O=C(CCc1nnc(-c2ccc(Cl)cc2)o1)NCC1(O)CCC1. The number of nitrogens with one attached hydrogen (secondary N) is 1. The lowest BCUT2D eigenvalue weighted by molar-refractivity contribution is -0.123. The second-order valence-corrected chi connectivity index (χ2v) is 6.30. The summed E-state index contributed by atoms with van der Waals surface area (Å²) >= 11 is 5.84. The van der Waals surface area contributed by atoms with Crippen molar-refractivity contribution in [2.75, 3.05) is 6.54 Å². The van der Waals surface area contributed by atoms with E-state index in [0.717, 1.165) is 24.8 Å². The molecule has 2 aromatic rings. The highest BCUT2D eigenvalue weighted by Gasteiger charge is 2.34. The molecule has 7 heteroatoms. The first-order chi connectivity index (χ1) is 11.0. The average molecular weight is 336 g/mol. The van der Waals surface area contributed by atoms with Crippen LogP contribution in [0.25, 0.3) is 11.5 Å². The van der Waals surface area contributed by atoms with Crippen LogP contribution in [0.1, 0.15) is 31.6 Å². The van der Waals surface area contributed by atoms with Gasteiger partial charge in [0.25, 0.3) is 0 Å². The average Bonchev–Trinajstić information content (AvgIpc) is 2.98. The van der Waals surface area contributed by atoms with Gasteiger partial charge in [-0.1, -0.05) is 11.6 Å². The van der Waals surface area contributed by atoms with Gasteiger partial charge >= 0.3 is 0 Å². The smallest absolute Gasteiger partial charge is 0.247 e. The van der Waals surface area contributed by atoms with Gasteiger partial charge < -0.3 is 14.8 Å². The molecular formula is C16H18ClN3O3. The molecule has 23 heavy (non-hydrogen) atoms. The number of carbonyl (C=O) groups excluding carboxylic acids is 1. The number of hydrogen-bond acceptors (Lipinski definition) is 5. The molecule has 1 amide bonds. The molecule has 1 aromatic carbocycles. The van der Waals surface area contributed by atoms with Crippen molar-refractivity contribution in [1.82, 2.24) is 15.5 Å². The zero-order valence-electron chi connectivity index (χ0n) is 12.6. The Balaban J connectivity index is 1.49. The first kappa shape index (κ1) is 16.0. The summed E-state index contributed by atoms with van der Waals surface area (Å²) < 4.78 is 5.54. The van der Waals surface area contributed by atoms with Gasteiger partial charge in [0.2, 0.25) is 17.7 Å². The molecule has 0 saturated heterocycles. The Bertz CT molecular complexity index is 680. The van der Waals surface area contributed by atoms with Gasteiger partial charge in [0.1, 0.15) is 0 Å². The third-order valence-corrected chi connectivity index (χ3v) is 4.27. The van der Waals surface area contributed by atoms with Crippen molar-refractivity contribution >= 4 is 17.5 Å². The van der Waals surface area contributed by atoms with E-state index in [4.69, 9.17) is 16.0 Å². The van der Waals surface area contributed by atoms with Gasteiger partial charge in [0, 0.05) is 30.0 Å². The fourth-order valence-corrected chi connectivity index (χ4v) is 2.52. The Morgan fingerprint density at radius 3 is 2.70 bits per heavy atom. The van der Waals surface area contributed by atoms with Crippen molar-refractivity contribution < 1.29 is 14.3 Å². The van der Waals surface area contributed by atoms with Gasteiger partial charge in [-0.25, -0.2) is 0 Å². The van der Waals surface area contributed by atoms with Crippen LogP contribution in [0.3, 0.4) is 0 Å². The van der Waals surface area contributed by atoms with Crippen molar-refractivity contribution in [3.05, 3.63) is 35.2 Å². The van der Waals surface area contributed by atoms with E-state index in [2.05, 4.69) is 15.5 Å². The second-order valence-electron chi connectivity index (χ2n) is 5.86.